The molecular weight excluding hydrogens is 340 g/mol. The van der Waals surface area contributed by atoms with Gasteiger partial charge in [-0.2, -0.15) is 0 Å². The number of hydrogen-bond donors (Lipinski definition) is 2. The van der Waals surface area contributed by atoms with Crippen LogP contribution in [0.2, 0.25) is 0 Å². The fourth-order valence-corrected chi connectivity index (χ4v) is 2.70. The summed E-state index contributed by atoms with van der Waals surface area (Å²) in [5.74, 6) is 0.418. The molecular formula is C18H21BrN2O. The first-order chi connectivity index (χ1) is 10.6. The molecule has 0 bridgehead atoms. The van der Waals surface area contributed by atoms with Gasteiger partial charge in [-0.3, -0.25) is 0 Å². The fraction of sp³-hybridized carbons (Fsp3) is 0.278. The molecule has 1 atom stereocenters. The Morgan fingerprint density at radius 2 is 1.95 bits per heavy atom. The molecule has 0 heterocycles. The Bertz CT molecular complexity index is 642. The minimum atomic E-state index is -0.185. The van der Waals surface area contributed by atoms with Crippen molar-refractivity contribution in [3.8, 4) is 0 Å². The third kappa shape index (κ3) is 4.60. The molecule has 0 saturated carbocycles. The molecule has 0 fully saturated rings. The lowest BCUT2D eigenvalue weighted by atomic mass is 9.97. The summed E-state index contributed by atoms with van der Waals surface area (Å²) in [5, 5.41) is 5.84. The van der Waals surface area contributed by atoms with E-state index in [9.17, 15) is 4.79 Å². The highest BCUT2D eigenvalue weighted by atomic mass is 79.9. The Balaban J connectivity index is 1.98. The molecule has 2 rings (SSSR count). The van der Waals surface area contributed by atoms with Crippen LogP contribution in [-0.4, -0.2) is 6.03 Å². The second kappa shape index (κ2) is 7.99. The average Bonchev–Trinajstić information content (AvgIpc) is 2.53. The van der Waals surface area contributed by atoms with E-state index in [1.165, 1.54) is 5.56 Å². The van der Waals surface area contributed by atoms with E-state index in [1.54, 1.807) is 0 Å². The smallest absolute Gasteiger partial charge is 0.319 e. The van der Waals surface area contributed by atoms with E-state index < -0.39 is 0 Å². The number of urea groups is 1. The van der Waals surface area contributed by atoms with Gasteiger partial charge in [-0.15, -0.1) is 0 Å². The zero-order valence-corrected chi connectivity index (χ0v) is 14.5. The van der Waals surface area contributed by atoms with Crippen molar-refractivity contribution >= 4 is 27.6 Å². The second-order valence-electron chi connectivity index (χ2n) is 5.33. The molecule has 0 spiro atoms. The quantitative estimate of drug-likeness (QED) is 0.747. The van der Waals surface area contributed by atoms with Gasteiger partial charge in [0.25, 0.3) is 0 Å². The van der Waals surface area contributed by atoms with Gasteiger partial charge in [0, 0.05) is 16.7 Å². The molecule has 0 radical (unpaired) electrons. The number of nitrogens with one attached hydrogen (secondary N) is 2. The highest BCUT2D eigenvalue weighted by molar-refractivity contribution is 9.10. The van der Waals surface area contributed by atoms with Crippen molar-refractivity contribution in [1.82, 2.24) is 5.32 Å². The minimum absolute atomic E-state index is 0.185. The SMILES string of the molecule is CCC(C)c1ccccc1NC(=O)NCc1cccc(Br)c1. The summed E-state index contributed by atoms with van der Waals surface area (Å²) < 4.78 is 1.01. The fourth-order valence-electron chi connectivity index (χ4n) is 2.26. The Labute approximate surface area is 140 Å². The number of anilines is 1. The van der Waals surface area contributed by atoms with Crippen LogP contribution in [0.5, 0.6) is 0 Å². The number of amides is 2. The molecule has 4 heteroatoms. The molecule has 0 aliphatic carbocycles. The number of carbonyl (C=O) groups is 1. The predicted octanol–water partition coefficient (Wildman–Crippen LogP) is 5.28. The number of halogens is 1. The van der Waals surface area contributed by atoms with Gasteiger partial charge in [-0.1, -0.05) is 60.1 Å². The molecule has 0 aliphatic heterocycles. The molecule has 3 nitrogen and oxygen atoms in total. The maximum atomic E-state index is 12.1. The van der Waals surface area contributed by atoms with Crippen LogP contribution in [0.4, 0.5) is 10.5 Å². The van der Waals surface area contributed by atoms with Crippen molar-refractivity contribution in [3.63, 3.8) is 0 Å². The molecule has 22 heavy (non-hydrogen) atoms. The molecule has 116 valence electrons. The topological polar surface area (TPSA) is 41.1 Å². The summed E-state index contributed by atoms with van der Waals surface area (Å²) in [4.78, 5) is 12.1. The van der Waals surface area contributed by atoms with Gasteiger partial charge in [0.05, 0.1) is 0 Å². The Kier molecular flexibility index (Phi) is 6.01. The molecule has 0 saturated heterocycles. The number of para-hydroxylation sites is 1. The van der Waals surface area contributed by atoms with Crippen LogP contribution < -0.4 is 10.6 Å². The number of carbonyl (C=O) groups excluding carboxylic acids is 1. The van der Waals surface area contributed by atoms with Crippen LogP contribution in [0, 0.1) is 0 Å². The predicted molar refractivity (Wildman–Crippen MR) is 95.1 cm³/mol. The summed E-state index contributed by atoms with van der Waals surface area (Å²) >= 11 is 3.43. The van der Waals surface area contributed by atoms with E-state index in [4.69, 9.17) is 0 Å². The first kappa shape index (κ1) is 16.6. The Hall–Kier alpha value is -1.81. The van der Waals surface area contributed by atoms with Gasteiger partial charge in [0.1, 0.15) is 0 Å². The van der Waals surface area contributed by atoms with E-state index in [2.05, 4.69) is 46.5 Å². The number of benzene rings is 2. The van der Waals surface area contributed by atoms with Crippen molar-refractivity contribution in [2.24, 2.45) is 0 Å². The lowest BCUT2D eigenvalue weighted by molar-refractivity contribution is 0.251. The molecule has 0 aliphatic rings. The van der Waals surface area contributed by atoms with Crippen molar-refractivity contribution < 1.29 is 4.79 Å². The average molecular weight is 361 g/mol. The van der Waals surface area contributed by atoms with Crippen LogP contribution in [0.25, 0.3) is 0 Å². The lowest BCUT2D eigenvalue weighted by Gasteiger charge is -2.16. The number of hydrogen-bond acceptors (Lipinski definition) is 1. The summed E-state index contributed by atoms with van der Waals surface area (Å²) in [7, 11) is 0. The van der Waals surface area contributed by atoms with Crippen molar-refractivity contribution in [2.45, 2.75) is 32.7 Å². The van der Waals surface area contributed by atoms with E-state index >= 15 is 0 Å². The molecule has 1 unspecified atom stereocenters. The summed E-state index contributed by atoms with van der Waals surface area (Å²) in [5.41, 5.74) is 3.10. The first-order valence-corrected chi connectivity index (χ1v) is 8.27. The molecule has 2 aromatic rings. The van der Waals surface area contributed by atoms with E-state index in [-0.39, 0.29) is 6.03 Å². The molecule has 2 amide bonds. The van der Waals surface area contributed by atoms with E-state index in [0.717, 1.165) is 22.1 Å². The van der Waals surface area contributed by atoms with Crippen molar-refractivity contribution in [1.29, 1.82) is 0 Å². The van der Waals surface area contributed by atoms with Crippen LogP contribution in [0.1, 0.15) is 37.3 Å². The van der Waals surface area contributed by atoms with E-state index in [0.29, 0.717) is 12.5 Å². The monoisotopic (exact) mass is 360 g/mol. The maximum Gasteiger partial charge on any atom is 0.319 e. The first-order valence-electron chi connectivity index (χ1n) is 7.48. The third-order valence-electron chi connectivity index (χ3n) is 3.69. The molecule has 0 aromatic heterocycles. The third-order valence-corrected chi connectivity index (χ3v) is 4.19. The zero-order chi connectivity index (χ0) is 15.9. The van der Waals surface area contributed by atoms with Crippen molar-refractivity contribution in [2.75, 3.05) is 5.32 Å². The van der Waals surface area contributed by atoms with Gasteiger partial charge in [0.2, 0.25) is 0 Å². The Morgan fingerprint density at radius 3 is 2.68 bits per heavy atom. The van der Waals surface area contributed by atoms with E-state index in [1.807, 2.05) is 42.5 Å². The second-order valence-corrected chi connectivity index (χ2v) is 6.25. The highest BCUT2D eigenvalue weighted by Gasteiger charge is 2.10. The van der Waals surface area contributed by atoms with Crippen LogP contribution >= 0.6 is 15.9 Å². The van der Waals surface area contributed by atoms with Crippen molar-refractivity contribution in [3.05, 3.63) is 64.1 Å². The maximum absolute atomic E-state index is 12.1. The normalized spacial score (nSPS) is 11.8. The van der Waals surface area contributed by atoms with Gasteiger partial charge < -0.3 is 10.6 Å². The lowest BCUT2D eigenvalue weighted by Crippen LogP contribution is -2.28. The van der Waals surface area contributed by atoms with Gasteiger partial charge >= 0.3 is 6.03 Å². The van der Waals surface area contributed by atoms with Gasteiger partial charge in [0.15, 0.2) is 0 Å². The summed E-state index contributed by atoms with van der Waals surface area (Å²) in [6, 6.07) is 15.7. The summed E-state index contributed by atoms with van der Waals surface area (Å²) in [6.45, 7) is 4.81. The van der Waals surface area contributed by atoms with Crippen LogP contribution in [0.3, 0.4) is 0 Å². The van der Waals surface area contributed by atoms with Crippen LogP contribution in [0.15, 0.2) is 53.0 Å². The molecule has 2 aromatic carbocycles. The number of rotatable bonds is 5. The summed E-state index contributed by atoms with van der Waals surface area (Å²) in [6.07, 6.45) is 1.04. The molecule has 2 N–H and O–H groups in total. The zero-order valence-electron chi connectivity index (χ0n) is 12.9. The standard InChI is InChI=1S/C18H21BrN2O/c1-3-13(2)16-9-4-5-10-17(16)21-18(22)20-12-14-7-6-8-15(19)11-14/h4-11,13H,3,12H2,1-2H3,(H2,20,21,22). The van der Waals surface area contributed by atoms with Gasteiger partial charge in [-0.25, -0.2) is 4.79 Å². The minimum Gasteiger partial charge on any atom is -0.334 e. The largest absolute Gasteiger partial charge is 0.334 e. The Morgan fingerprint density at radius 1 is 1.18 bits per heavy atom. The van der Waals surface area contributed by atoms with Gasteiger partial charge in [-0.05, 0) is 41.7 Å². The van der Waals surface area contributed by atoms with Crippen LogP contribution in [-0.2, 0) is 6.54 Å². The highest BCUT2D eigenvalue weighted by Crippen LogP contribution is 2.26.